The summed E-state index contributed by atoms with van der Waals surface area (Å²) >= 11 is 6.58. The van der Waals surface area contributed by atoms with Crippen LogP contribution >= 0.6 is 31.9 Å². The third-order valence-electron chi connectivity index (χ3n) is 2.65. The van der Waals surface area contributed by atoms with Crippen LogP contribution in [0.5, 0.6) is 0 Å². The number of nitrogens with two attached hydrogens (primary N) is 1. The van der Waals surface area contributed by atoms with Crippen molar-refractivity contribution in [1.82, 2.24) is 5.32 Å². The van der Waals surface area contributed by atoms with Crippen molar-refractivity contribution < 1.29 is 19.4 Å². The van der Waals surface area contributed by atoms with E-state index >= 15 is 0 Å². The Morgan fingerprint density at radius 2 is 1.42 bits per heavy atom. The normalized spacial score (nSPS) is 9.42. The molecule has 0 spiro atoms. The SMILES string of the molecule is NC(=O)OCc1ccc(Br)cc1.O=C(O)NCc1ccc(Br)cc1. The number of primary amides is 1. The van der Waals surface area contributed by atoms with Crippen LogP contribution in [0.15, 0.2) is 57.5 Å². The third-order valence-corrected chi connectivity index (χ3v) is 3.71. The van der Waals surface area contributed by atoms with E-state index < -0.39 is 12.2 Å². The van der Waals surface area contributed by atoms with Gasteiger partial charge in [0.25, 0.3) is 0 Å². The van der Waals surface area contributed by atoms with E-state index in [-0.39, 0.29) is 6.61 Å². The van der Waals surface area contributed by atoms with Crippen molar-refractivity contribution in [3.63, 3.8) is 0 Å². The van der Waals surface area contributed by atoms with Gasteiger partial charge in [-0.2, -0.15) is 0 Å². The van der Waals surface area contributed by atoms with Crippen LogP contribution in [0.3, 0.4) is 0 Å². The van der Waals surface area contributed by atoms with Crippen LogP contribution in [0.4, 0.5) is 9.59 Å². The molecule has 2 aromatic rings. The summed E-state index contributed by atoms with van der Waals surface area (Å²) in [6, 6.07) is 14.9. The predicted molar refractivity (Wildman–Crippen MR) is 97.5 cm³/mol. The van der Waals surface area contributed by atoms with Gasteiger partial charge in [0.2, 0.25) is 0 Å². The van der Waals surface area contributed by atoms with Crippen LogP contribution in [-0.2, 0) is 17.9 Å². The highest BCUT2D eigenvalue weighted by Crippen LogP contribution is 2.11. The molecule has 0 aromatic heterocycles. The van der Waals surface area contributed by atoms with Crippen LogP contribution in [0.25, 0.3) is 0 Å². The fraction of sp³-hybridized carbons (Fsp3) is 0.125. The summed E-state index contributed by atoms with van der Waals surface area (Å²) in [4.78, 5) is 20.3. The summed E-state index contributed by atoms with van der Waals surface area (Å²) in [6.07, 6.45) is -1.75. The molecule has 128 valence electrons. The van der Waals surface area contributed by atoms with E-state index in [1.165, 1.54) is 0 Å². The maximum Gasteiger partial charge on any atom is 0.404 e. The average Bonchev–Trinajstić information content (AvgIpc) is 2.54. The number of carbonyl (C=O) groups excluding carboxylic acids is 1. The Kier molecular flexibility index (Phi) is 8.88. The van der Waals surface area contributed by atoms with E-state index in [9.17, 15) is 9.59 Å². The van der Waals surface area contributed by atoms with Crippen LogP contribution in [0.2, 0.25) is 0 Å². The van der Waals surface area contributed by atoms with Gasteiger partial charge in [0.1, 0.15) is 6.61 Å². The van der Waals surface area contributed by atoms with Gasteiger partial charge in [-0.25, -0.2) is 9.59 Å². The molecule has 0 aliphatic rings. The smallest absolute Gasteiger partial charge is 0.404 e. The van der Waals surface area contributed by atoms with Crippen LogP contribution < -0.4 is 11.1 Å². The molecule has 0 aliphatic heterocycles. The predicted octanol–water partition coefficient (Wildman–Crippen LogP) is 4.26. The van der Waals surface area contributed by atoms with E-state index in [1.807, 2.05) is 48.5 Å². The van der Waals surface area contributed by atoms with E-state index in [0.717, 1.165) is 20.1 Å². The lowest BCUT2D eigenvalue weighted by Gasteiger charge is -2.00. The Balaban J connectivity index is 0.000000240. The van der Waals surface area contributed by atoms with Crippen LogP contribution in [-0.4, -0.2) is 17.3 Å². The summed E-state index contributed by atoms with van der Waals surface area (Å²) in [5.41, 5.74) is 6.66. The van der Waals surface area contributed by atoms with Crippen molar-refractivity contribution in [2.75, 3.05) is 0 Å². The monoisotopic (exact) mass is 458 g/mol. The summed E-state index contributed by atoms with van der Waals surface area (Å²) in [7, 11) is 0. The van der Waals surface area contributed by atoms with Gasteiger partial charge in [-0.3, -0.25) is 0 Å². The zero-order chi connectivity index (χ0) is 17.9. The van der Waals surface area contributed by atoms with E-state index in [2.05, 4.69) is 41.9 Å². The number of nitrogens with one attached hydrogen (secondary N) is 1. The molecule has 2 amide bonds. The van der Waals surface area contributed by atoms with Crippen molar-refractivity contribution in [2.45, 2.75) is 13.2 Å². The Morgan fingerprint density at radius 3 is 1.83 bits per heavy atom. The lowest BCUT2D eigenvalue weighted by molar-refractivity contribution is 0.150. The molecule has 2 aromatic carbocycles. The highest BCUT2D eigenvalue weighted by molar-refractivity contribution is 9.10. The Labute approximate surface area is 156 Å². The second-order valence-corrected chi connectivity index (χ2v) is 6.35. The average molecular weight is 460 g/mol. The first-order chi connectivity index (χ1) is 11.4. The van der Waals surface area contributed by atoms with E-state index in [1.54, 1.807) is 0 Å². The molecule has 24 heavy (non-hydrogen) atoms. The molecule has 0 unspecified atom stereocenters. The standard InChI is InChI=1S/2C8H8BrNO2/c9-7-3-1-6(2-4-7)5-12-8(10)11;9-7-3-1-6(2-4-7)5-10-8(11)12/h1-4H,5H2,(H2,10,11);1-4,10H,5H2,(H,11,12). The molecule has 0 aliphatic carbocycles. The highest BCUT2D eigenvalue weighted by Gasteiger charge is 1.96. The van der Waals surface area contributed by atoms with Crippen LogP contribution in [0.1, 0.15) is 11.1 Å². The molecule has 0 saturated carbocycles. The number of rotatable bonds is 4. The highest BCUT2D eigenvalue weighted by atomic mass is 79.9. The van der Waals surface area contributed by atoms with E-state index in [4.69, 9.17) is 10.8 Å². The molecule has 0 saturated heterocycles. The first-order valence-corrected chi connectivity index (χ1v) is 8.33. The molecule has 0 radical (unpaired) electrons. The number of carbonyl (C=O) groups is 2. The number of benzene rings is 2. The molecule has 0 fully saturated rings. The number of hydrogen-bond donors (Lipinski definition) is 3. The lowest BCUT2D eigenvalue weighted by Crippen LogP contribution is -2.19. The number of ether oxygens (including phenoxy) is 1. The van der Waals surface area contributed by atoms with Gasteiger partial charge < -0.3 is 20.9 Å². The fourth-order valence-corrected chi connectivity index (χ4v) is 2.04. The maximum absolute atomic E-state index is 10.2. The van der Waals surface area contributed by atoms with Gasteiger partial charge in [0.05, 0.1) is 0 Å². The lowest BCUT2D eigenvalue weighted by atomic mass is 10.2. The van der Waals surface area contributed by atoms with Crippen molar-refractivity contribution in [3.05, 3.63) is 68.6 Å². The summed E-state index contributed by atoms with van der Waals surface area (Å²) in [6.45, 7) is 0.575. The molecular formula is C16H16Br2N2O4. The zero-order valence-electron chi connectivity index (χ0n) is 12.5. The summed E-state index contributed by atoms with van der Waals surface area (Å²) in [5.74, 6) is 0. The van der Waals surface area contributed by atoms with Crippen molar-refractivity contribution >= 4 is 44.0 Å². The molecule has 0 heterocycles. The number of amides is 2. The second kappa shape index (κ2) is 10.7. The van der Waals surface area contributed by atoms with Gasteiger partial charge in [-0.15, -0.1) is 0 Å². The fourth-order valence-electron chi connectivity index (χ4n) is 1.52. The van der Waals surface area contributed by atoms with Gasteiger partial charge in [0.15, 0.2) is 0 Å². The van der Waals surface area contributed by atoms with Crippen molar-refractivity contribution in [1.29, 1.82) is 0 Å². The van der Waals surface area contributed by atoms with Gasteiger partial charge in [-0.1, -0.05) is 56.1 Å². The quantitative estimate of drug-likeness (QED) is 0.635. The Bertz CT molecular complexity index is 601. The Morgan fingerprint density at radius 1 is 0.958 bits per heavy atom. The van der Waals surface area contributed by atoms with Gasteiger partial charge in [-0.05, 0) is 35.4 Å². The molecule has 4 N–H and O–H groups in total. The molecule has 6 nitrogen and oxygen atoms in total. The zero-order valence-corrected chi connectivity index (χ0v) is 15.7. The van der Waals surface area contributed by atoms with Crippen molar-refractivity contribution in [2.24, 2.45) is 5.73 Å². The summed E-state index contributed by atoms with van der Waals surface area (Å²) < 4.78 is 6.57. The summed E-state index contributed by atoms with van der Waals surface area (Å²) in [5, 5.41) is 10.6. The third kappa shape index (κ3) is 9.16. The second-order valence-electron chi connectivity index (χ2n) is 4.52. The van der Waals surface area contributed by atoms with Gasteiger partial charge >= 0.3 is 12.2 Å². The number of hydrogen-bond acceptors (Lipinski definition) is 3. The number of halogens is 2. The minimum Gasteiger partial charge on any atom is -0.465 e. The van der Waals surface area contributed by atoms with E-state index in [0.29, 0.717) is 6.54 Å². The minimum absolute atomic E-state index is 0.225. The first kappa shape index (κ1) is 20.0. The van der Waals surface area contributed by atoms with Crippen LogP contribution in [0, 0.1) is 0 Å². The molecule has 0 bridgehead atoms. The Hall–Kier alpha value is -2.06. The number of carboxylic acid groups (broad SMARTS) is 1. The first-order valence-electron chi connectivity index (χ1n) is 6.74. The molecular weight excluding hydrogens is 444 g/mol. The molecule has 2 rings (SSSR count). The molecule has 8 heteroatoms. The van der Waals surface area contributed by atoms with Gasteiger partial charge in [0, 0.05) is 15.5 Å². The molecule has 0 atom stereocenters. The minimum atomic E-state index is -1.00. The van der Waals surface area contributed by atoms with Crippen molar-refractivity contribution in [3.8, 4) is 0 Å². The maximum atomic E-state index is 10.2. The largest absolute Gasteiger partial charge is 0.465 e. The topological polar surface area (TPSA) is 102 Å².